The van der Waals surface area contributed by atoms with Gasteiger partial charge in [0.1, 0.15) is 0 Å². The van der Waals surface area contributed by atoms with Gasteiger partial charge in [-0.2, -0.15) is 10.0 Å². The third kappa shape index (κ3) is 5.81. The molecule has 1 atom stereocenters. The summed E-state index contributed by atoms with van der Waals surface area (Å²) in [6.07, 6.45) is 11.8. The topological polar surface area (TPSA) is 25.8 Å². The van der Waals surface area contributed by atoms with Crippen LogP contribution in [0.15, 0.2) is 198 Å². The molecule has 0 N–H and O–H groups in total. The van der Waals surface area contributed by atoms with Crippen molar-refractivity contribution >= 4 is 58.8 Å². The molecular weight excluding hydrogens is 709 g/mol. The molecule has 1 unspecified atom stereocenters. The number of rotatable bonds is 8. The van der Waals surface area contributed by atoms with E-state index in [0.717, 1.165) is 56.9 Å². The Bertz CT molecular complexity index is 3090. The molecule has 0 saturated carbocycles. The summed E-state index contributed by atoms with van der Waals surface area (Å²) in [4.78, 5) is 13.6. The van der Waals surface area contributed by atoms with Crippen LogP contribution in [0.5, 0.6) is 0 Å². The molecular formula is C54H42N2S. The molecule has 0 bridgehead atoms. The van der Waals surface area contributed by atoms with Crippen molar-refractivity contribution in [1.82, 2.24) is 9.97 Å². The van der Waals surface area contributed by atoms with Crippen molar-refractivity contribution in [2.75, 3.05) is 12.0 Å². The molecule has 8 aromatic carbocycles. The third-order valence-electron chi connectivity index (χ3n) is 11.8. The van der Waals surface area contributed by atoms with Gasteiger partial charge in [0.05, 0.1) is 11.2 Å². The van der Waals surface area contributed by atoms with Crippen LogP contribution in [0.25, 0.3) is 82.6 Å². The van der Waals surface area contributed by atoms with Crippen LogP contribution in [0, 0.1) is 0 Å². The highest BCUT2D eigenvalue weighted by molar-refractivity contribution is 8.33. The van der Waals surface area contributed by atoms with E-state index in [1.807, 2.05) is 6.08 Å². The fraction of sp³-hybridized carbons (Fsp3) is 0.0741. The van der Waals surface area contributed by atoms with E-state index in [1.54, 1.807) is 0 Å². The lowest BCUT2D eigenvalue weighted by Gasteiger charge is -2.32. The summed E-state index contributed by atoms with van der Waals surface area (Å²) < 4.78 is 0. The van der Waals surface area contributed by atoms with Crippen LogP contribution in [-0.2, 0) is 6.42 Å². The fourth-order valence-electron chi connectivity index (χ4n) is 8.86. The molecule has 274 valence electrons. The van der Waals surface area contributed by atoms with Gasteiger partial charge in [0.15, 0.2) is 5.82 Å². The summed E-state index contributed by atoms with van der Waals surface area (Å²) in [6, 6.07) is 57.1. The average Bonchev–Trinajstić information content (AvgIpc) is 3.54. The van der Waals surface area contributed by atoms with E-state index in [-0.39, 0.29) is 0 Å². The van der Waals surface area contributed by atoms with E-state index in [4.69, 9.17) is 9.97 Å². The molecule has 1 aliphatic heterocycles. The zero-order valence-electron chi connectivity index (χ0n) is 32.2. The van der Waals surface area contributed by atoms with Crippen molar-refractivity contribution in [3.8, 4) is 33.8 Å². The van der Waals surface area contributed by atoms with Crippen molar-refractivity contribution in [3.63, 3.8) is 0 Å². The molecule has 2 nitrogen and oxygen atoms in total. The highest BCUT2D eigenvalue weighted by Gasteiger charge is 2.36. The van der Waals surface area contributed by atoms with Crippen molar-refractivity contribution in [1.29, 1.82) is 0 Å². The number of fused-ring (bicyclic) bond motifs is 11. The average molecular weight is 751 g/mol. The molecule has 1 aromatic heterocycles. The van der Waals surface area contributed by atoms with Crippen molar-refractivity contribution in [3.05, 3.63) is 200 Å². The Morgan fingerprint density at radius 1 is 0.614 bits per heavy atom. The van der Waals surface area contributed by atoms with Crippen LogP contribution in [0.2, 0.25) is 0 Å². The fourth-order valence-corrected chi connectivity index (χ4v) is 11.8. The van der Waals surface area contributed by atoms with E-state index < -0.39 is 10.0 Å². The molecule has 9 aromatic rings. The smallest absolute Gasteiger partial charge is 0.160 e. The Hall–Kier alpha value is -6.55. The minimum Gasteiger partial charge on any atom is -0.228 e. The van der Waals surface area contributed by atoms with Gasteiger partial charge >= 0.3 is 0 Å². The second kappa shape index (κ2) is 14.2. The lowest BCUT2D eigenvalue weighted by molar-refractivity contribution is 1.22. The van der Waals surface area contributed by atoms with Crippen LogP contribution in [-0.4, -0.2) is 22.0 Å². The molecule has 2 heterocycles. The Labute approximate surface area is 335 Å². The molecule has 10 rings (SSSR count). The maximum atomic E-state index is 5.40. The first-order chi connectivity index (χ1) is 28.1. The molecule has 0 aliphatic carbocycles. The van der Waals surface area contributed by atoms with E-state index in [2.05, 4.69) is 196 Å². The highest BCUT2D eigenvalue weighted by atomic mass is 32.3. The summed E-state index contributed by atoms with van der Waals surface area (Å²) in [5.41, 5.74) is 10.0. The number of aromatic nitrogens is 2. The van der Waals surface area contributed by atoms with Gasteiger partial charge in [-0.25, -0.2) is 9.97 Å². The van der Waals surface area contributed by atoms with Gasteiger partial charge in [0.2, 0.25) is 0 Å². The molecule has 0 radical (unpaired) electrons. The molecule has 0 amide bonds. The maximum absolute atomic E-state index is 5.40. The lowest BCUT2D eigenvalue weighted by atomic mass is 9.93. The zero-order chi connectivity index (χ0) is 38.5. The number of allylic oxidation sites excluding steroid dienone is 5. The number of nitrogens with zero attached hydrogens (tertiary/aromatic N) is 2. The second-order valence-electron chi connectivity index (χ2n) is 15.0. The highest BCUT2D eigenvalue weighted by Crippen LogP contribution is 2.70. The first-order valence-electron chi connectivity index (χ1n) is 19.7. The van der Waals surface area contributed by atoms with Gasteiger partial charge in [-0.05, 0) is 97.3 Å². The minimum absolute atomic E-state index is 0.718. The normalized spacial score (nSPS) is 16.3. The monoisotopic (exact) mass is 750 g/mol. The van der Waals surface area contributed by atoms with E-state index in [1.165, 1.54) is 58.8 Å². The van der Waals surface area contributed by atoms with E-state index >= 15 is 0 Å². The Kier molecular flexibility index (Phi) is 8.69. The predicted molar refractivity (Wildman–Crippen MR) is 246 cm³/mol. The lowest BCUT2D eigenvalue weighted by Crippen LogP contribution is -2.00. The Balaban J connectivity index is 1.00. The van der Waals surface area contributed by atoms with Crippen LogP contribution < -0.4 is 0 Å². The summed E-state index contributed by atoms with van der Waals surface area (Å²) in [5.74, 6) is 1.82. The van der Waals surface area contributed by atoms with Crippen LogP contribution >= 0.6 is 10.0 Å². The predicted octanol–water partition coefficient (Wildman–Crippen LogP) is 14.6. The maximum Gasteiger partial charge on any atom is 0.160 e. The van der Waals surface area contributed by atoms with Gasteiger partial charge in [-0.1, -0.05) is 171 Å². The van der Waals surface area contributed by atoms with Gasteiger partial charge in [-0.3, -0.25) is 0 Å². The van der Waals surface area contributed by atoms with E-state index in [0.29, 0.717) is 0 Å². The van der Waals surface area contributed by atoms with Crippen molar-refractivity contribution < 1.29 is 0 Å². The summed E-state index contributed by atoms with van der Waals surface area (Å²) in [5, 5.41) is 8.94. The van der Waals surface area contributed by atoms with Gasteiger partial charge < -0.3 is 0 Å². The first kappa shape index (κ1) is 34.9. The molecule has 0 saturated heterocycles. The third-order valence-corrected chi connectivity index (χ3v) is 15.6. The standard InChI is InChI=1S/C54H42N2S/c1-4-37(19-10-9-18-36-30-31-45-43-26-12-11-24-41(43)42-25-13-14-27-44(42)47(45)34-36)39-22-17-23-40(35-39)54-55-48-32-33-50-51(46-28-15-16-29-49(46)57(50,3)5-2)52(48)53(56-54)38-20-7-6-8-21-38/h4,6-17,19-35H,1,5,18H2,2-3H3/b10-9-,37-19+. The SMILES string of the molecule is C=C/C(=C\C=C/Cc1ccc2c3ccccc3c3ccccc3c2c1)c1cccc(-c2nc(-c3ccccc3)c3c4c(ccc3n2)S(C)(CC)c2ccccc2-4)c1. The minimum atomic E-state index is -1.16. The zero-order valence-corrected chi connectivity index (χ0v) is 33.1. The molecule has 1 aliphatic rings. The Morgan fingerprint density at radius 2 is 1.28 bits per heavy atom. The summed E-state index contributed by atoms with van der Waals surface area (Å²) >= 11 is 0. The molecule has 57 heavy (non-hydrogen) atoms. The van der Waals surface area contributed by atoms with Crippen LogP contribution in [0.3, 0.4) is 0 Å². The first-order valence-corrected chi connectivity index (χ1v) is 21.9. The largest absolute Gasteiger partial charge is 0.228 e. The summed E-state index contributed by atoms with van der Waals surface area (Å²) in [6.45, 7) is 6.52. The van der Waals surface area contributed by atoms with Gasteiger partial charge in [-0.15, -0.1) is 0 Å². The van der Waals surface area contributed by atoms with E-state index in [9.17, 15) is 0 Å². The number of hydrogen-bond donors (Lipinski definition) is 0. The number of benzene rings is 8. The second-order valence-corrected chi connectivity index (χ2v) is 18.6. The molecule has 0 fully saturated rings. The number of hydrogen-bond acceptors (Lipinski definition) is 2. The molecule has 0 spiro atoms. The van der Waals surface area contributed by atoms with Crippen LogP contribution in [0.4, 0.5) is 0 Å². The van der Waals surface area contributed by atoms with Gasteiger partial charge in [0.25, 0.3) is 0 Å². The van der Waals surface area contributed by atoms with Crippen molar-refractivity contribution in [2.24, 2.45) is 0 Å². The Morgan fingerprint density at radius 3 is 2.02 bits per heavy atom. The van der Waals surface area contributed by atoms with Crippen molar-refractivity contribution in [2.45, 2.75) is 23.1 Å². The van der Waals surface area contributed by atoms with Gasteiger partial charge in [0, 0.05) is 31.9 Å². The summed E-state index contributed by atoms with van der Waals surface area (Å²) in [7, 11) is -1.16. The quantitative estimate of drug-likeness (QED) is 0.114. The molecule has 3 heteroatoms. The van der Waals surface area contributed by atoms with Crippen LogP contribution in [0.1, 0.15) is 18.1 Å².